The molecule has 0 radical (unpaired) electrons. The van der Waals surface area contributed by atoms with E-state index in [0.29, 0.717) is 5.56 Å². The zero-order valence-corrected chi connectivity index (χ0v) is 16.9. The van der Waals surface area contributed by atoms with E-state index in [-0.39, 0.29) is 5.75 Å². The van der Waals surface area contributed by atoms with Gasteiger partial charge in [-0.25, -0.2) is 19.4 Å². The minimum Gasteiger partial charge on any atom is -0.508 e. The summed E-state index contributed by atoms with van der Waals surface area (Å²) in [5, 5.41) is 20.0. The summed E-state index contributed by atoms with van der Waals surface area (Å²) in [4.78, 5) is 58.4. The fourth-order valence-corrected chi connectivity index (χ4v) is 4.98. The van der Waals surface area contributed by atoms with Crippen LogP contribution in [0.2, 0.25) is 0 Å². The minimum absolute atomic E-state index is 0.0309. The van der Waals surface area contributed by atoms with E-state index in [1.807, 2.05) is 0 Å². The molecule has 3 rings (SSSR count). The average molecular weight is 439 g/mol. The number of benzene rings is 1. The van der Waals surface area contributed by atoms with Crippen molar-refractivity contribution in [3.63, 3.8) is 0 Å². The quantitative estimate of drug-likeness (QED) is 0.252. The monoisotopic (exact) mass is 439 g/mol. The van der Waals surface area contributed by atoms with Crippen molar-refractivity contribution in [2.75, 3.05) is 6.61 Å². The van der Waals surface area contributed by atoms with Gasteiger partial charge in [0.1, 0.15) is 35.9 Å². The number of hydrogen-bond donors (Lipinski definition) is 4. The number of nitrogens with two attached hydrogens (primary N) is 1. The average Bonchev–Trinajstić information content (AvgIpc) is 2.97. The number of nitrogens with zero attached hydrogens (tertiary/aromatic N) is 1. The molecule has 0 saturated carbocycles. The smallest absolute Gasteiger partial charge is 0.380 e. The van der Waals surface area contributed by atoms with E-state index in [4.69, 9.17) is 10.8 Å². The number of aliphatic hydroxyl groups excluding tert-OH is 1. The first-order valence-corrected chi connectivity index (χ1v) is 9.81. The predicted octanol–water partition coefficient (Wildman–Crippen LogP) is -1.07. The number of aliphatic hydroxyl groups is 1. The zero-order chi connectivity index (χ0) is 22.2. The Morgan fingerprint density at radius 2 is 1.90 bits per heavy atom. The fourth-order valence-electron chi connectivity index (χ4n) is 3.36. The van der Waals surface area contributed by atoms with Crippen LogP contribution in [0.1, 0.15) is 25.5 Å². The van der Waals surface area contributed by atoms with Gasteiger partial charge in [-0.1, -0.05) is 12.1 Å². The first kappa shape index (κ1) is 21.9. The van der Waals surface area contributed by atoms with Gasteiger partial charge < -0.3 is 26.2 Å². The lowest BCUT2D eigenvalue weighted by atomic mass is 9.95. The van der Waals surface area contributed by atoms with Gasteiger partial charge in [0.2, 0.25) is 11.8 Å². The van der Waals surface area contributed by atoms with Crippen LogP contribution in [0, 0.1) is 0 Å². The van der Waals surface area contributed by atoms with Gasteiger partial charge in [-0.2, -0.15) is 0 Å². The van der Waals surface area contributed by atoms with Crippen LogP contribution in [-0.2, 0) is 29.0 Å². The lowest BCUT2D eigenvalue weighted by Crippen LogP contribution is -2.71. The second-order valence-corrected chi connectivity index (χ2v) is 9.10. The molecule has 2 aliphatic heterocycles. The lowest BCUT2D eigenvalue weighted by molar-refractivity contribution is -0.264. The van der Waals surface area contributed by atoms with Crippen LogP contribution in [0.3, 0.4) is 0 Å². The van der Waals surface area contributed by atoms with Crippen molar-refractivity contribution < 1.29 is 39.2 Å². The molecular weight excluding hydrogens is 418 g/mol. The number of hydrogen-bond acceptors (Lipinski definition) is 10. The van der Waals surface area contributed by atoms with Gasteiger partial charge in [0.25, 0.3) is 0 Å². The number of carbonyl (C=O) groups is 4. The molecule has 0 unspecified atom stereocenters. The maximum Gasteiger partial charge on any atom is 0.380 e. The third-order valence-corrected chi connectivity index (χ3v) is 6.41. The molecule has 1 aromatic carbocycles. The molecule has 5 N–H and O–H groups in total. The summed E-state index contributed by atoms with van der Waals surface area (Å²) in [6.07, 6.45) is 0. The summed E-state index contributed by atoms with van der Waals surface area (Å²) in [6.45, 7) is 2.46. The molecule has 2 fully saturated rings. The van der Waals surface area contributed by atoms with Gasteiger partial charge in [0.15, 0.2) is 0 Å². The highest BCUT2D eigenvalue weighted by Crippen LogP contribution is 2.51. The first-order valence-electron chi connectivity index (χ1n) is 8.93. The molecule has 4 atom stereocenters. The standard InChI is InChI=1S/C18H21N3O8S/c1-18(2)13(17(27)29-28-10(24)7-22)21-15(26)12(16(21)30-18)20-14(25)11(19)8-3-5-9(23)6-4-8/h3-6,11-13,16,22-23H,7,19H2,1-2H3,(H,20,25)/t11-,12-,13+,16-/m1/s1. The third-order valence-electron chi connectivity index (χ3n) is 4.84. The Labute approximate surface area is 175 Å². The first-order chi connectivity index (χ1) is 14.1. The Morgan fingerprint density at radius 1 is 1.27 bits per heavy atom. The van der Waals surface area contributed by atoms with Gasteiger partial charge in [-0.05, 0) is 31.5 Å². The second kappa shape index (κ2) is 8.13. The van der Waals surface area contributed by atoms with Crippen LogP contribution >= 0.6 is 11.8 Å². The largest absolute Gasteiger partial charge is 0.508 e. The molecule has 30 heavy (non-hydrogen) atoms. The van der Waals surface area contributed by atoms with Crippen molar-refractivity contribution >= 4 is 35.5 Å². The van der Waals surface area contributed by atoms with E-state index < -0.39 is 58.6 Å². The van der Waals surface area contributed by atoms with Gasteiger partial charge in [0, 0.05) is 4.75 Å². The highest BCUT2D eigenvalue weighted by atomic mass is 32.2. The Bertz CT molecular complexity index is 875. The number of β-lactam (4-membered cyclic amide) rings is 1. The number of rotatable bonds is 5. The van der Waals surface area contributed by atoms with Crippen LogP contribution in [0.4, 0.5) is 0 Å². The SMILES string of the molecule is CC1(C)S[C@@H]2[C@H](NC(=O)[C@H](N)c3ccc(O)cc3)C(=O)N2[C@H]1C(=O)OOC(=O)CO. The summed E-state index contributed by atoms with van der Waals surface area (Å²) >= 11 is 1.28. The lowest BCUT2D eigenvalue weighted by Gasteiger charge is -2.43. The van der Waals surface area contributed by atoms with Crippen molar-refractivity contribution in [2.45, 2.75) is 42.1 Å². The molecule has 2 heterocycles. The number of thioether (sulfide) groups is 1. The highest BCUT2D eigenvalue weighted by molar-refractivity contribution is 8.01. The van der Waals surface area contributed by atoms with E-state index in [1.54, 1.807) is 13.8 Å². The molecular formula is C18H21N3O8S. The number of amides is 2. The van der Waals surface area contributed by atoms with Crippen LogP contribution in [-0.4, -0.2) is 67.7 Å². The molecule has 0 spiro atoms. The van der Waals surface area contributed by atoms with Gasteiger partial charge in [-0.15, -0.1) is 11.8 Å². The Kier molecular flexibility index (Phi) is 5.92. The molecule has 2 saturated heterocycles. The summed E-state index contributed by atoms with van der Waals surface area (Å²) in [5.74, 6) is -3.16. The Balaban J connectivity index is 1.66. The van der Waals surface area contributed by atoms with Crippen LogP contribution in [0.25, 0.3) is 0 Å². The predicted molar refractivity (Wildman–Crippen MR) is 102 cm³/mol. The van der Waals surface area contributed by atoms with E-state index >= 15 is 0 Å². The molecule has 1 aromatic rings. The molecule has 11 nitrogen and oxygen atoms in total. The van der Waals surface area contributed by atoms with Crippen molar-refractivity contribution in [3.05, 3.63) is 29.8 Å². The topological polar surface area (TPSA) is 168 Å². The van der Waals surface area contributed by atoms with Crippen LogP contribution in [0.5, 0.6) is 5.75 Å². The van der Waals surface area contributed by atoms with E-state index in [2.05, 4.69) is 15.1 Å². The van der Waals surface area contributed by atoms with Crippen LogP contribution in [0.15, 0.2) is 24.3 Å². The van der Waals surface area contributed by atoms with E-state index in [1.165, 1.54) is 40.9 Å². The number of phenols is 1. The number of phenolic OH excluding ortho intramolecular Hbond substituents is 1. The molecule has 2 amide bonds. The Hall–Kier alpha value is -2.83. The second-order valence-electron chi connectivity index (χ2n) is 7.33. The number of fused-ring (bicyclic) bond motifs is 1. The van der Waals surface area contributed by atoms with E-state index in [0.717, 1.165) is 0 Å². The van der Waals surface area contributed by atoms with E-state index in [9.17, 15) is 24.3 Å². The van der Waals surface area contributed by atoms with Gasteiger partial charge in [0.05, 0.1) is 0 Å². The minimum atomic E-state index is -1.15. The number of carbonyl (C=O) groups excluding carboxylic acids is 4. The summed E-state index contributed by atoms with van der Waals surface area (Å²) in [6, 6.07) is 2.81. The molecule has 162 valence electrons. The summed E-state index contributed by atoms with van der Waals surface area (Å²) < 4.78 is -0.790. The number of nitrogens with one attached hydrogen (secondary N) is 1. The van der Waals surface area contributed by atoms with Crippen molar-refractivity contribution in [1.82, 2.24) is 10.2 Å². The molecule has 0 aromatic heterocycles. The summed E-state index contributed by atoms with van der Waals surface area (Å²) in [5.41, 5.74) is 6.40. The van der Waals surface area contributed by atoms with Crippen molar-refractivity contribution in [1.29, 1.82) is 0 Å². The maximum absolute atomic E-state index is 12.6. The van der Waals surface area contributed by atoms with Gasteiger partial charge in [-0.3, -0.25) is 9.59 Å². The van der Waals surface area contributed by atoms with Gasteiger partial charge >= 0.3 is 11.9 Å². The summed E-state index contributed by atoms with van der Waals surface area (Å²) in [7, 11) is 0. The third kappa shape index (κ3) is 3.93. The molecule has 0 bridgehead atoms. The Morgan fingerprint density at radius 3 is 2.50 bits per heavy atom. The van der Waals surface area contributed by atoms with Crippen molar-refractivity contribution in [2.24, 2.45) is 5.73 Å². The molecule has 2 aliphatic rings. The highest BCUT2D eigenvalue weighted by Gasteiger charge is 2.65. The number of aromatic hydroxyl groups is 1. The zero-order valence-electron chi connectivity index (χ0n) is 16.1. The van der Waals surface area contributed by atoms with Crippen LogP contribution < -0.4 is 11.1 Å². The molecule has 0 aliphatic carbocycles. The maximum atomic E-state index is 12.6. The normalized spacial score (nSPS) is 25.0. The van der Waals surface area contributed by atoms with Crippen molar-refractivity contribution in [3.8, 4) is 5.75 Å². The fraction of sp³-hybridized carbons (Fsp3) is 0.444. The molecule has 12 heteroatoms.